The molecule has 0 radical (unpaired) electrons. The molecular weight excluding hydrogens is 291 g/mol. The summed E-state index contributed by atoms with van der Waals surface area (Å²) in [5.74, 6) is -6.90. The van der Waals surface area contributed by atoms with Gasteiger partial charge in [0.25, 0.3) is 0 Å². The number of halogens is 3. The number of carbonyl (C=O) groups excluding carboxylic acids is 2. The van der Waals surface area contributed by atoms with Crippen molar-refractivity contribution in [1.82, 2.24) is 0 Å². The Morgan fingerprint density at radius 1 is 1.05 bits per heavy atom. The first kappa shape index (κ1) is 12.8. The number of rotatable bonds is 1. The number of hydroxylamine groups is 2. The number of carbonyl (C=O) groups is 2. The van der Waals surface area contributed by atoms with Crippen LogP contribution in [0.3, 0.4) is 0 Å². The van der Waals surface area contributed by atoms with Crippen LogP contribution < -0.4 is 0 Å². The number of hydrogen-bond donors (Lipinski definition) is 0. The second-order valence-corrected chi connectivity index (χ2v) is 6.67. The molecule has 0 aromatic carbocycles. The van der Waals surface area contributed by atoms with Crippen molar-refractivity contribution in [1.29, 1.82) is 0 Å². The number of alkyl halides is 3. The summed E-state index contributed by atoms with van der Waals surface area (Å²) in [6, 6.07) is 0. The topological polar surface area (TPSA) is 91.3 Å². The van der Waals surface area contributed by atoms with Crippen molar-refractivity contribution in [3.63, 3.8) is 0 Å². The van der Waals surface area contributed by atoms with Crippen LogP contribution in [-0.2, 0) is 19.6 Å². The first-order chi connectivity index (χ1) is 8.55. The Morgan fingerprint density at radius 3 is 1.68 bits per heavy atom. The van der Waals surface area contributed by atoms with Crippen LogP contribution in [0.25, 0.3) is 0 Å². The van der Waals surface area contributed by atoms with Crippen molar-refractivity contribution >= 4 is 21.8 Å². The van der Waals surface area contributed by atoms with Crippen molar-refractivity contribution in [2.24, 2.45) is 23.7 Å². The molecule has 3 rings (SSSR count). The van der Waals surface area contributed by atoms with Crippen molar-refractivity contribution < 1.29 is 35.2 Å². The number of fused-ring (bicyclic) bond motifs is 4. The van der Waals surface area contributed by atoms with Gasteiger partial charge in [-0.3, -0.25) is 0 Å². The fourth-order valence-electron chi connectivity index (χ4n) is 2.94. The van der Waals surface area contributed by atoms with E-state index in [1.54, 1.807) is 0 Å². The summed E-state index contributed by atoms with van der Waals surface area (Å²) in [5, 5.41) is 11.9. The van der Waals surface area contributed by atoms with Gasteiger partial charge in [-0.1, -0.05) is 12.2 Å². The lowest BCUT2D eigenvalue weighted by Gasteiger charge is -2.45. The van der Waals surface area contributed by atoms with Gasteiger partial charge in [-0.2, -0.15) is 21.6 Å². The lowest BCUT2D eigenvalue weighted by Crippen LogP contribution is -2.57. The maximum Gasteiger partial charge on any atom is 0.550 e. The standard InChI is InChI=1S/C9H6F3NO5S/c10-9(11,12)19(17,18)13(16)7(14)5-3-1-2-4(3)6(5)8(13)15/h1-6H. The number of amides is 2. The predicted octanol–water partition coefficient (Wildman–Crippen LogP) is 0.266. The third-order valence-electron chi connectivity index (χ3n) is 4.00. The first-order valence-corrected chi connectivity index (χ1v) is 6.68. The first-order valence-electron chi connectivity index (χ1n) is 5.24. The summed E-state index contributed by atoms with van der Waals surface area (Å²) in [6.45, 7) is 0. The monoisotopic (exact) mass is 297 g/mol. The van der Waals surface area contributed by atoms with Crippen LogP contribution in [0.1, 0.15) is 0 Å². The smallest absolute Gasteiger partial charge is 0.550 e. The molecule has 4 atom stereocenters. The van der Waals surface area contributed by atoms with E-state index in [0.29, 0.717) is 0 Å². The molecule has 3 aliphatic rings. The third-order valence-corrected chi connectivity index (χ3v) is 5.62. The van der Waals surface area contributed by atoms with Gasteiger partial charge in [0.05, 0.1) is 11.8 Å². The van der Waals surface area contributed by atoms with E-state index in [-0.39, 0.29) is 0 Å². The zero-order valence-electron chi connectivity index (χ0n) is 8.99. The van der Waals surface area contributed by atoms with Crippen molar-refractivity contribution in [3.05, 3.63) is 17.4 Å². The summed E-state index contributed by atoms with van der Waals surface area (Å²) >= 11 is 0. The van der Waals surface area contributed by atoms with Gasteiger partial charge < -0.3 is 5.21 Å². The average molecular weight is 297 g/mol. The normalized spacial score (nSPS) is 44.4. The van der Waals surface area contributed by atoms with Crippen LogP contribution in [-0.4, -0.2) is 29.8 Å². The maximum absolute atomic E-state index is 12.4. The molecule has 6 nitrogen and oxygen atoms in total. The Hall–Kier alpha value is -1.26. The van der Waals surface area contributed by atoms with Crippen LogP contribution in [0.15, 0.2) is 12.2 Å². The van der Waals surface area contributed by atoms with E-state index in [1.807, 2.05) is 0 Å². The van der Waals surface area contributed by atoms with Crippen molar-refractivity contribution in [2.45, 2.75) is 5.51 Å². The minimum Gasteiger partial charge on any atom is -0.601 e. The molecule has 1 saturated carbocycles. The summed E-state index contributed by atoms with van der Waals surface area (Å²) in [7, 11) is -6.46. The summed E-state index contributed by atoms with van der Waals surface area (Å²) in [6.07, 6.45) is 2.99. The van der Waals surface area contributed by atoms with Gasteiger partial charge in [0.2, 0.25) is 0 Å². The fourth-order valence-corrected chi connectivity index (χ4v) is 3.95. The Balaban J connectivity index is 2.12. The predicted molar refractivity (Wildman–Crippen MR) is 51.7 cm³/mol. The van der Waals surface area contributed by atoms with Crippen LogP contribution in [0, 0.1) is 28.9 Å². The largest absolute Gasteiger partial charge is 0.601 e. The molecule has 4 unspecified atom stereocenters. The molecule has 2 amide bonds. The van der Waals surface area contributed by atoms with Gasteiger partial charge in [0.15, 0.2) is 0 Å². The van der Waals surface area contributed by atoms with Gasteiger partial charge in [-0.15, -0.1) is 4.05 Å². The number of quaternary nitrogens is 1. The highest BCUT2D eigenvalue weighted by Gasteiger charge is 2.78. The molecule has 0 bridgehead atoms. The molecule has 104 valence electrons. The van der Waals surface area contributed by atoms with E-state index in [9.17, 15) is 36.4 Å². The highest BCUT2D eigenvalue weighted by Crippen LogP contribution is 2.60. The van der Waals surface area contributed by atoms with E-state index < -0.39 is 55.1 Å². The molecular formula is C9H6F3NO5S. The molecule has 1 heterocycles. The van der Waals surface area contributed by atoms with Crippen LogP contribution in [0.5, 0.6) is 0 Å². The number of hydrogen-bond acceptors (Lipinski definition) is 5. The molecule has 1 aliphatic heterocycles. The van der Waals surface area contributed by atoms with Crippen LogP contribution in [0.4, 0.5) is 13.2 Å². The Morgan fingerprint density at radius 2 is 1.42 bits per heavy atom. The van der Waals surface area contributed by atoms with Gasteiger partial charge in [0, 0.05) is 11.8 Å². The van der Waals surface area contributed by atoms with E-state index in [2.05, 4.69) is 0 Å². The van der Waals surface area contributed by atoms with Crippen LogP contribution in [0.2, 0.25) is 0 Å². The van der Waals surface area contributed by atoms with E-state index in [4.69, 9.17) is 0 Å². The van der Waals surface area contributed by atoms with Gasteiger partial charge >= 0.3 is 27.3 Å². The van der Waals surface area contributed by atoms with Crippen molar-refractivity contribution in [2.75, 3.05) is 0 Å². The Kier molecular flexibility index (Phi) is 2.06. The Labute approximate surface area is 104 Å². The summed E-state index contributed by atoms with van der Waals surface area (Å²) < 4.78 is 56.3. The summed E-state index contributed by atoms with van der Waals surface area (Å²) in [5.41, 5.74) is -5.95. The molecule has 0 aromatic heterocycles. The highest BCUT2D eigenvalue weighted by molar-refractivity contribution is 7.87. The Bertz CT molecular complexity index is 607. The second kappa shape index (κ2) is 3.07. The fraction of sp³-hybridized carbons (Fsp3) is 0.556. The zero-order chi connectivity index (χ0) is 14.4. The number of nitrogens with zero attached hydrogens (tertiary/aromatic N) is 1. The molecule has 1 saturated heterocycles. The lowest BCUT2D eigenvalue weighted by atomic mass is 9.52. The van der Waals surface area contributed by atoms with E-state index >= 15 is 0 Å². The SMILES string of the molecule is O=C1C2C3C=CC3C2C(=O)[N+]1([O-])S(=O)(=O)C(F)(F)F. The quantitative estimate of drug-likeness (QED) is 0.300. The molecule has 2 aliphatic carbocycles. The number of sulfonamides is 1. The molecule has 10 heteroatoms. The molecule has 0 aromatic rings. The molecule has 0 N–H and O–H groups in total. The minimum atomic E-state index is -6.46. The maximum atomic E-state index is 12.4. The van der Waals surface area contributed by atoms with Gasteiger partial charge in [-0.05, 0) is 0 Å². The van der Waals surface area contributed by atoms with Gasteiger partial charge in [0.1, 0.15) is 0 Å². The van der Waals surface area contributed by atoms with E-state index in [1.165, 1.54) is 12.2 Å². The number of allylic oxidation sites excluding steroid dienone is 2. The second-order valence-electron chi connectivity index (χ2n) is 4.74. The van der Waals surface area contributed by atoms with Gasteiger partial charge in [-0.25, -0.2) is 9.59 Å². The van der Waals surface area contributed by atoms with E-state index in [0.717, 1.165) is 0 Å². The lowest BCUT2D eigenvalue weighted by molar-refractivity contribution is -0.589. The zero-order valence-corrected chi connectivity index (χ0v) is 9.81. The average Bonchev–Trinajstić information content (AvgIpc) is 2.40. The third kappa shape index (κ3) is 1.09. The molecule has 19 heavy (non-hydrogen) atoms. The number of imide groups is 1. The van der Waals surface area contributed by atoms with Crippen molar-refractivity contribution in [3.8, 4) is 0 Å². The van der Waals surface area contributed by atoms with Crippen LogP contribution >= 0.6 is 0 Å². The molecule has 2 fully saturated rings. The highest BCUT2D eigenvalue weighted by atomic mass is 32.2. The summed E-state index contributed by atoms with van der Waals surface area (Å²) in [4.78, 5) is 23.4. The molecule has 0 spiro atoms. The minimum absolute atomic E-state index is 0.487.